The minimum Gasteiger partial charge on any atom is -0.367 e. The molecule has 7 nitrogen and oxygen atoms in total. The van der Waals surface area contributed by atoms with E-state index >= 15 is 0 Å². The Hall–Kier alpha value is -2.35. The van der Waals surface area contributed by atoms with E-state index < -0.39 is 0 Å². The Balaban J connectivity index is 1.63. The van der Waals surface area contributed by atoms with Gasteiger partial charge in [0.05, 0.1) is 6.20 Å². The van der Waals surface area contributed by atoms with Gasteiger partial charge in [0.2, 0.25) is 5.95 Å². The van der Waals surface area contributed by atoms with Crippen molar-refractivity contribution in [2.75, 3.05) is 10.6 Å². The van der Waals surface area contributed by atoms with Gasteiger partial charge in [0.15, 0.2) is 0 Å². The Kier molecular flexibility index (Phi) is 5.89. The summed E-state index contributed by atoms with van der Waals surface area (Å²) < 4.78 is 1.76. The normalized spacial score (nSPS) is 19.2. The fourth-order valence-electron chi connectivity index (χ4n) is 3.54. The van der Waals surface area contributed by atoms with Crippen LogP contribution in [0.4, 0.5) is 17.5 Å². The average molecular weight is 432 g/mol. The van der Waals surface area contributed by atoms with Gasteiger partial charge < -0.3 is 16.4 Å². The van der Waals surface area contributed by atoms with E-state index in [-0.39, 0.29) is 0 Å². The lowest BCUT2D eigenvalue weighted by Crippen LogP contribution is -2.33. The number of aryl methyl sites for hydroxylation is 1. The second-order valence-corrected chi connectivity index (χ2v) is 8.27. The highest BCUT2D eigenvalue weighted by Crippen LogP contribution is 2.30. The molecule has 0 bridgehead atoms. The topological polar surface area (TPSA) is 93.7 Å². The lowest BCUT2D eigenvalue weighted by Gasteiger charge is -2.28. The molecule has 2 aromatic heterocycles. The maximum Gasteiger partial charge on any atom is 0.229 e. The first-order valence-corrected chi connectivity index (χ1v) is 10.3. The Morgan fingerprint density at radius 1 is 1.07 bits per heavy atom. The molecule has 152 valence electrons. The van der Waals surface area contributed by atoms with Crippen molar-refractivity contribution in [2.24, 2.45) is 12.8 Å². The van der Waals surface area contributed by atoms with Gasteiger partial charge in [0.25, 0.3) is 0 Å². The lowest BCUT2D eigenvalue weighted by atomic mass is 9.91. The van der Waals surface area contributed by atoms with Crippen molar-refractivity contribution < 1.29 is 0 Å². The number of benzene rings is 1. The van der Waals surface area contributed by atoms with Crippen LogP contribution in [0.25, 0.3) is 11.1 Å². The largest absolute Gasteiger partial charge is 0.367 e. The monoisotopic (exact) mass is 431 g/mol. The van der Waals surface area contributed by atoms with Crippen LogP contribution in [0.5, 0.6) is 0 Å². The van der Waals surface area contributed by atoms with Crippen LogP contribution in [-0.2, 0) is 7.05 Å². The smallest absolute Gasteiger partial charge is 0.229 e. The molecule has 1 aromatic carbocycles. The Morgan fingerprint density at radius 2 is 1.79 bits per heavy atom. The quantitative estimate of drug-likeness (QED) is 0.545. The van der Waals surface area contributed by atoms with Crippen molar-refractivity contribution in [1.29, 1.82) is 0 Å². The molecule has 4 rings (SSSR count). The Bertz CT molecular complexity index is 976. The summed E-state index contributed by atoms with van der Waals surface area (Å²) in [6.45, 7) is 0. The van der Waals surface area contributed by atoms with Crippen LogP contribution in [0.2, 0.25) is 10.0 Å². The zero-order chi connectivity index (χ0) is 20.4. The van der Waals surface area contributed by atoms with Crippen LogP contribution in [0.1, 0.15) is 25.7 Å². The van der Waals surface area contributed by atoms with Crippen LogP contribution in [0.15, 0.2) is 36.8 Å². The van der Waals surface area contributed by atoms with E-state index in [0.29, 0.717) is 28.1 Å². The average Bonchev–Trinajstić information content (AvgIpc) is 3.09. The number of rotatable bonds is 5. The molecule has 4 N–H and O–H groups in total. The predicted molar refractivity (Wildman–Crippen MR) is 118 cm³/mol. The van der Waals surface area contributed by atoms with Crippen LogP contribution in [0, 0.1) is 0 Å². The summed E-state index contributed by atoms with van der Waals surface area (Å²) in [5, 5.41) is 12.1. The molecule has 1 aliphatic carbocycles. The van der Waals surface area contributed by atoms with Gasteiger partial charge in [-0.15, -0.1) is 0 Å². The van der Waals surface area contributed by atoms with Gasteiger partial charge in [-0.3, -0.25) is 4.68 Å². The summed E-state index contributed by atoms with van der Waals surface area (Å²) in [5.41, 5.74) is 8.64. The molecule has 1 aliphatic rings. The highest BCUT2D eigenvalue weighted by atomic mass is 35.5. The van der Waals surface area contributed by atoms with Gasteiger partial charge in [0, 0.05) is 58.4 Å². The van der Waals surface area contributed by atoms with Crippen molar-refractivity contribution in [3.8, 4) is 11.1 Å². The fraction of sp³-hybridized carbons (Fsp3) is 0.350. The van der Waals surface area contributed by atoms with Crippen LogP contribution in [-0.4, -0.2) is 31.8 Å². The Labute approximate surface area is 179 Å². The van der Waals surface area contributed by atoms with Crippen LogP contribution >= 0.6 is 23.2 Å². The zero-order valence-corrected chi connectivity index (χ0v) is 17.6. The third-order valence-electron chi connectivity index (χ3n) is 5.04. The number of aromatic nitrogens is 4. The summed E-state index contributed by atoms with van der Waals surface area (Å²) in [6.07, 6.45) is 9.62. The number of hydrogen-bond acceptors (Lipinski definition) is 6. The number of nitrogens with one attached hydrogen (secondary N) is 2. The molecule has 0 spiro atoms. The van der Waals surface area contributed by atoms with E-state index in [0.717, 1.165) is 48.3 Å². The molecule has 0 amide bonds. The van der Waals surface area contributed by atoms with E-state index in [2.05, 4.69) is 20.7 Å². The molecule has 3 aromatic rings. The van der Waals surface area contributed by atoms with Crippen molar-refractivity contribution >= 4 is 40.7 Å². The number of hydrogen-bond donors (Lipinski definition) is 3. The molecule has 9 heteroatoms. The maximum atomic E-state index is 6.10. The van der Waals surface area contributed by atoms with Gasteiger partial charge in [-0.1, -0.05) is 23.2 Å². The summed E-state index contributed by atoms with van der Waals surface area (Å²) in [6, 6.07) is 5.86. The van der Waals surface area contributed by atoms with E-state index in [1.165, 1.54) is 0 Å². The SMILES string of the molecule is Cn1cc(-c2cnc(Nc3cc(Cl)cc(Cl)c3)nc2N[C@H]2CC[C@@H](N)CC2)cn1. The number of nitrogens with two attached hydrogens (primary N) is 1. The van der Waals surface area contributed by atoms with Crippen molar-refractivity contribution in [2.45, 2.75) is 37.8 Å². The lowest BCUT2D eigenvalue weighted by molar-refractivity contribution is 0.410. The molecule has 2 heterocycles. The van der Waals surface area contributed by atoms with Crippen molar-refractivity contribution in [3.05, 3.63) is 46.8 Å². The number of nitrogens with zero attached hydrogens (tertiary/aromatic N) is 4. The first-order valence-electron chi connectivity index (χ1n) is 9.57. The zero-order valence-electron chi connectivity index (χ0n) is 16.1. The highest BCUT2D eigenvalue weighted by Gasteiger charge is 2.21. The van der Waals surface area contributed by atoms with E-state index in [4.69, 9.17) is 33.9 Å². The van der Waals surface area contributed by atoms with Gasteiger partial charge >= 0.3 is 0 Å². The van der Waals surface area contributed by atoms with Crippen LogP contribution < -0.4 is 16.4 Å². The third-order valence-corrected chi connectivity index (χ3v) is 5.47. The molecular formula is C20H23Cl2N7. The van der Waals surface area contributed by atoms with E-state index in [1.54, 1.807) is 29.1 Å². The summed E-state index contributed by atoms with van der Waals surface area (Å²) in [7, 11) is 1.89. The summed E-state index contributed by atoms with van der Waals surface area (Å²) in [4.78, 5) is 9.22. The maximum absolute atomic E-state index is 6.10. The minimum absolute atomic E-state index is 0.293. The molecule has 0 saturated heterocycles. The van der Waals surface area contributed by atoms with Gasteiger partial charge in [0.1, 0.15) is 5.82 Å². The second-order valence-electron chi connectivity index (χ2n) is 7.40. The van der Waals surface area contributed by atoms with Gasteiger partial charge in [-0.05, 0) is 43.9 Å². The molecule has 0 atom stereocenters. The standard InChI is InChI=1S/C20H23Cl2N7/c1-29-11-12(9-25-29)18-10-24-20(27-17-7-13(21)6-14(22)8-17)28-19(18)26-16-4-2-15(23)3-5-16/h6-11,15-16H,2-5,23H2,1H3,(H2,24,26,27,28)/t15-,16+. The highest BCUT2D eigenvalue weighted by molar-refractivity contribution is 6.35. The third kappa shape index (κ3) is 4.98. The number of anilines is 3. The molecular weight excluding hydrogens is 409 g/mol. The minimum atomic E-state index is 0.293. The summed E-state index contributed by atoms with van der Waals surface area (Å²) in [5.74, 6) is 1.23. The molecule has 29 heavy (non-hydrogen) atoms. The number of halogens is 2. The predicted octanol–water partition coefficient (Wildman–Crippen LogP) is 4.61. The molecule has 1 fully saturated rings. The van der Waals surface area contributed by atoms with Crippen molar-refractivity contribution in [3.63, 3.8) is 0 Å². The van der Waals surface area contributed by atoms with E-state index in [1.807, 2.05) is 19.4 Å². The first-order chi connectivity index (χ1) is 14.0. The van der Waals surface area contributed by atoms with Gasteiger partial charge in [-0.25, -0.2) is 4.98 Å². The first kappa shape index (κ1) is 19.9. The Morgan fingerprint density at radius 3 is 2.45 bits per heavy atom. The van der Waals surface area contributed by atoms with Crippen LogP contribution in [0.3, 0.4) is 0 Å². The second kappa shape index (κ2) is 8.57. The molecule has 0 radical (unpaired) electrons. The molecule has 0 aliphatic heterocycles. The van der Waals surface area contributed by atoms with E-state index in [9.17, 15) is 0 Å². The fourth-order valence-corrected chi connectivity index (χ4v) is 4.06. The van der Waals surface area contributed by atoms with Gasteiger partial charge in [-0.2, -0.15) is 10.1 Å². The molecule has 0 unspecified atom stereocenters. The van der Waals surface area contributed by atoms with Crippen molar-refractivity contribution in [1.82, 2.24) is 19.7 Å². The summed E-state index contributed by atoms with van der Waals surface area (Å²) >= 11 is 12.2. The molecule has 1 saturated carbocycles.